The molecule has 0 saturated carbocycles. The summed E-state index contributed by atoms with van der Waals surface area (Å²) in [4.78, 5) is -0.773. The lowest BCUT2D eigenvalue weighted by atomic mass is 10.3. The van der Waals surface area contributed by atoms with Gasteiger partial charge in [0, 0.05) is 12.1 Å². The molecule has 0 unspecified atom stereocenters. The third-order valence-corrected chi connectivity index (χ3v) is 4.28. The Balaban J connectivity index is 2.38. The number of rotatable bonds is 3. The lowest BCUT2D eigenvalue weighted by Gasteiger charge is -2.08. The van der Waals surface area contributed by atoms with Gasteiger partial charge in [0.1, 0.15) is 22.3 Å². The van der Waals surface area contributed by atoms with E-state index in [0.717, 1.165) is 12.1 Å². The number of halogens is 4. The Kier molecular flexibility index (Phi) is 4.17. The van der Waals surface area contributed by atoms with E-state index in [2.05, 4.69) is 0 Å². The van der Waals surface area contributed by atoms with Crippen LogP contribution in [0.3, 0.4) is 0 Å². The first-order chi connectivity index (χ1) is 9.29. The molecule has 0 atom stereocenters. The Labute approximate surface area is 123 Å². The van der Waals surface area contributed by atoms with Crippen LogP contribution in [0.15, 0.2) is 41.3 Å². The molecule has 0 radical (unpaired) electrons. The van der Waals surface area contributed by atoms with E-state index in [0.29, 0.717) is 6.07 Å². The van der Waals surface area contributed by atoms with Crippen molar-refractivity contribution in [2.75, 3.05) is 0 Å². The quantitative estimate of drug-likeness (QED) is 0.793. The number of benzene rings is 2. The smallest absolute Gasteiger partial charge is 0.342 e. The molecular weight excluding hydrogens is 333 g/mol. The third-order valence-electron chi connectivity index (χ3n) is 2.26. The van der Waals surface area contributed by atoms with Gasteiger partial charge in [-0.25, -0.2) is 8.78 Å². The first kappa shape index (κ1) is 15.0. The van der Waals surface area contributed by atoms with Gasteiger partial charge in [0.05, 0.1) is 10.0 Å². The first-order valence-corrected chi connectivity index (χ1v) is 7.30. The standard InChI is InChI=1S/C12H6Cl2F2O3S/c13-9-3-2-8(6-10(9)14)19-20(17,18)12-4-1-7(15)5-11(12)16/h1-6H. The molecule has 0 amide bonds. The average molecular weight is 339 g/mol. The predicted octanol–water partition coefficient (Wildman–Crippen LogP) is 4.04. The van der Waals surface area contributed by atoms with Gasteiger partial charge in [-0.2, -0.15) is 8.42 Å². The molecule has 0 aliphatic heterocycles. The average Bonchev–Trinajstić information content (AvgIpc) is 2.33. The normalized spacial score (nSPS) is 11.4. The summed E-state index contributed by atoms with van der Waals surface area (Å²) in [7, 11) is -4.43. The highest BCUT2D eigenvalue weighted by molar-refractivity contribution is 7.87. The van der Waals surface area contributed by atoms with Gasteiger partial charge in [-0.05, 0) is 24.3 Å². The summed E-state index contributed by atoms with van der Waals surface area (Å²) >= 11 is 11.4. The fourth-order valence-corrected chi connectivity index (χ4v) is 2.65. The minimum absolute atomic E-state index is 0.0824. The molecule has 0 spiro atoms. The largest absolute Gasteiger partial charge is 0.379 e. The maximum absolute atomic E-state index is 13.4. The first-order valence-electron chi connectivity index (χ1n) is 5.14. The minimum Gasteiger partial charge on any atom is -0.379 e. The van der Waals surface area contributed by atoms with E-state index in [9.17, 15) is 17.2 Å². The zero-order chi connectivity index (χ0) is 14.9. The second-order valence-electron chi connectivity index (χ2n) is 3.69. The van der Waals surface area contributed by atoms with Crippen LogP contribution in [0.1, 0.15) is 0 Å². The van der Waals surface area contributed by atoms with Gasteiger partial charge in [0.2, 0.25) is 0 Å². The van der Waals surface area contributed by atoms with Crippen molar-refractivity contribution < 1.29 is 21.4 Å². The van der Waals surface area contributed by atoms with Crippen LogP contribution in [-0.4, -0.2) is 8.42 Å². The van der Waals surface area contributed by atoms with E-state index < -0.39 is 26.6 Å². The summed E-state index contributed by atoms with van der Waals surface area (Å²) in [6, 6.07) is 5.79. The molecule has 0 aliphatic carbocycles. The number of hydrogen-bond acceptors (Lipinski definition) is 3. The number of hydrogen-bond donors (Lipinski definition) is 0. The molecular formula is C12H6Cl2F2O3S. The molecule has 0 fully saturated rings. The topological polar surface area (TPSA) is 43.4 Å². The molecule has 3 nitrogen and oxygen atoms in total. The molecule has 2 aromatic carbocycles. The van der Waals surface area contributed by atoms with Crippen LogP contribution in [0.5, 0.6) is 5.75 Å². The van der Waals surface area contributed by atoms with Crippen LogP contribution in [0.4, 0.5) is 8.78 Å². The third kappa shape index (κ3) is 3.20. The minimum atomic E-state index is -4.43. The lowest BCUT2D eigenvalue weighted by Crippen LogP contribution is -2.11. The second-order valence-corrected chi connectivity index (χ2v) is 6.02. The molecule has 0 saturated heterocycles. The Morgan fingerprint density at radius 2 is 1.65 bits per heavy atom. The predicted molar refractivity (Wildman–Crippen MR) is 70.6 cm³/mol. The van der Waals surface area contributed by atoms with Gasteiger partial charge in [-0.3, -0.25) is 0 Å². The van der Waals surface area contributed by atoms with Crippen molar-refractivity contribution in [1.29, 1.82) is 0 Å². The van der Waals surface area contributed by atoms with Crippen molar-refractivity contribution in [1.82, 2.24) is 0 Å². The van der Waals surface area contributed by atoms with Gasteiger partial charge < -0.3 is 4.18 Å². The van der Waals surface area contributed by atoms with Crippen molar-refractivity contribution in [3.05, 3.63) is 58.1 Å². The Morgan fingerprint density at radius 1 is 0.950 bits per heavy atom. The summed E-state index contributed by atoms with van der Waals surface area (Å²) in [6.45, 7) is 0. The molecule has 106 valence electrons. The highest BCUT2D eigenvalue weighted by atomic mass is 35.5. The summed E-state index contributed by atoms with van der Waals surface area (Å²) in [5, 5.41) is 0.295. The van der Waals surface area contributed by atoms with Gasteiger partial charge in [-0.1, -0.05) is 23.2 Å². The maximum atomic E-state index is 13.4. The maximum Gasteiger partial charge on any atom is 0.342 e. The summed E-state index contributed by atoms with van der Waals surface area (Å²) in [5.41, 5.74) is 0. The van der Waals surface area contributed by atoms with E-state index in [-0.39, 0.29) is 15.8 Å². The molecule has 0 aliphatic rings. The summed E-state index contributed by atoms with van der Waals surface area (Å²) in [6.07, 6.45) is 0. The van der Waals surface area contributed by atoms with Crippen LogP contribution >= 0.6 is 23.2 Å². The van der Waals surface area contributed by atoms with Crippen LogP contribution < -0.4 is 4.18 Å². The fourth-order valence-electron chi connectivity index (χ4n) is 1.38. The van der Waals surface area contributed by atoms with Crippen LogP contribution in [-0.2, 0) is 10.1 Å². The summed E-state index contributed by atoms with van der Waals surface area (Å²) < 4.78 is 54.6. The van der Waals surface area contributed by atoms with Crippen molar-refractivity contribution in [3.63, 3.8) is 0 Å². The highest BCUT2D eigenvalue weighted by Gasteiger charge is 2.22. The monoisotopic (exact) mass is 338 g/mol. The SMILES string of the molecule is O=S(=O)(Oc1ccc(Cl)c(Cl)c1)c1ccc(F)cc1F. The summed E-state index contributed by atoms with van der Waals surface area (Å²) in [5.74, 6) is -2.27. The fraction of sp³-hybridized carbons (Fsp3) is 0. The van der Waals surface area contributed by atoms with Gasteiger partial charge in [0.25, 0.3) is 0 Å². The molecule has 8 heteroatoms. The highest BCUT2D eigenvalue weighted by Crippen LogP contribution is 2.28. The van der Waals surface area contributed by atoms with Gasteiger partial charge in [0.15, 0.2) is 0 Å². The van der Waals surface area contributed by atoms with E-state index >= 15 is 0 Å². The molecule has 0 aromatic heterocycles. The lowest BCUT2D eigenvalue weighted by molar-refractivity contribution is 0.474. The van der Waals surface area contributed by atoms with Crippen LogP contribution in [0.2, 0.25) is 10.0 Å². The van der Waals surface area contributed by atoms with Gasteiger partial charge >= 0.3 is 10.1 Å². The molecule has 0 N–H and O–H groups in total. The van der Waals surface area contributed by atoms with Crippen molar-refractivity contribution in [2.24, 2.45) is 0 Å². The van der Waals surface area contributed by atoms with E-state index in [4.69, 9.17) is 27.4 Å². The van der Waals surface area contributed by atoms with E-state index in [1.807, 2.05) is 0 Å². The van der Waals surface area contributed by atoms with E-state index in [1.165, 1.54) is 18.2 Å². The van der Waals surface area contributed by atoms with Crippen molar-refractivity contribution in [2.45, 2.75) is 4.90 Å². The zero-order valence-corrected chi connectivity index (χ0v) is 11.9. The Hall–Kier alpha value is -1.37. The Morgan fingerprint density at radius 3 is 2.25 bits per heavy atom. The molecule has 2 rings (SSSR count). The molecule has 2 aromatic rings. The van der Waals surface area contributed by atoms with Crippen LogP contribution in [0, 0.1) is 11.6 Å². The molecule has 20 heavy (non-hydrogen) atoms. The van der Waals surface area contributed by atoms with Crippen LogP contribution in [0.25, 0.3) is 0 Å². The van der Waals surface area contributed by atoms with Crippen molar-refractivity contribution in [3.8, 4) is 5.75 Å². The van der Waals surface area contributed by atoms with Crippen molar-refractivity contribution >= 4 is 33.3 Å². The molecule has 0 heterocycles. The van der Waals surface area contributed by atoms with Gasteiger partial charge in [-0.15, -0.1) is 0 Å². The van der Waals surface area contributed by atoms with E-state index in [1.54, 1.807) is 0 Å². The zero-order valence-electron chi connectivity index (χ0n) is 9.61. The molecule has 0 bridgehead atoms. The Bertz CT molecular complexity index is 763. The second kappa shape index (κ2) is 5.55.